The number of sulfonamides is 1. The summed E-state index contributed by atoms with van der Waals surface area (Å²) in [7, 11) is 0.629. The minimum absolute atomic E-state index is 0.113. The molecule has 20 heavy (non-hydrogen) atoms. The summed E-state index contributed by atoms with van der Waals surface area (Å²) >= 11 is 0. The molecule has 0 saturated heterocycles. The highest BCUT2D eigenvalue weighted by Crippen LogP contribution is 2.15. The first-order valence-corrected chi connectivity index (χ1v) is 8.22. The lowest BCUT2D eigenvalue weighted by molar-refractivity contribution is 0.392. The molecular formula is C14H25N3O2S. The average molecular weight is 299 g/mol. The van der Waals surface area contributed by atoms with Crippen molar-refractivity contribution in [1.82, 2.24) is 9.62 Å². The Balaban J connectivity index is 2.74. The Bertz CT molecular complexity index is 510. The quantitative estimate of drug-likeness (QED) is 0.805. The number of nitrogens with one attached hydrogen (secondary N) is 2. The first-order valence-electron chi connectivity index (χ1n) is 6.74. The van der Waals surface area contributed by atoms with Gasteiger partial charge in [0.2, 0.25) is 10.0 Å². The van der Waals surface area contributed by atoms with E-state index in [1.54, 1.807) is 38.1 Å². The number of hydrogen-bond acceptors (Lipinski definition) is 4. The van der Waals surface area contributed by atoms with Gasteiger partial charge in [0.25, 0.3) is 0 Å². The van der Waals surface area contributed by atoms with E-state index in [9.17, 15) is 8.42 Å². The monoisotopic (exact) mass is 299 g/mol. The van der Waals surface area contributed by atoms with E-state index in [0.717, 1.165) is 12.2 Å². The summed E-state index contributed by atoms with van der Waals surface area (Å²) in [5, 5.41) is 3.34. The Kier molecular flexibility index (Phi) is 5.98. The molecule has 1 aromatic rings. The third kappa shape index (κ3) is 5.48. The maximum Gasteiger partial charge on any atom is 0.240 e. The van der Waals surface area contributed by atoms with Gasteiger partial charge < -0.3 is 10.2 Å². The normalized spacial score (nSPS) is 13.8. The first-order chi connectivity index (χ1) is 9.20. The zero-order chi connectivity index (χ0) is 15.3. The van der Waals surface area contributed by atoms with Crippen LogP contribution in [-0.4, -0.2) is 46.0 Å². The highest BCUT2D eigenvalue weighted by Gasteiger charge is 2.15. The molecule has 5 nitrogen and oxygen atoms in total. The molecule has 1 unspecified atom stereocenters. The van der Waals surface area contributed by atoms with E-state index in [0.29, 0.717) is 6.04 Å². The maximum absolute atomic E-state index is 12.0. The number of hydrogen-bond donors (Lipinski definition) is 2. The van der Waals surface area contributed by atoms with E-state index < -0.39 is 10.0 Å². The largest absolute Gasteiger partial charge is 0.381 e. The molecule has 0 heterocycles. The molecule has 1 aromatic carbocycles. The van der Waals surface area contributed by atoms with Crippen LogP contribution in [-0.2, 0) is 10.0 Å². The van der Waals surface area contributed by atoms with Crippen molar-refractivity contribution in [3.05, 3.63) is 24.3 Å². The van der Waals surface area contributed by atoms with Crippen LogP contribution in [0, 0.1) is 0 Å². The van der Waals surface area contributed by atoms with Crippen molar-refractivity contribution in [2.45, 2.75) is 37.8 Å². The van der Waals surface area contributed by atoms with Gasteiger partial charge in [-0.05, 0) is 59.1 Å². The summed E-state index contributed by atoms with van der Waals surface area (Å²) in [6.07, 6.45) is 0. The van der Waals surface area contributed by atoms with Crippen molar-refractivity contribution in [1.29, 1.82) is 0 Å². The van der Waals surface area contributed by atoms with E-state index >= 15 is 0 Å². The fourth-order valence-electron chi connectivity index (χ4n) is 1.99. The van der Waals surface area contributed by atoms with Crippen molar-refractivity contribution >= 4 is 15.7 Å². The first kappa shape index (κ1) is 16.9. The summed E-state index contributed by atoms with van der Waals surface area (Å²) in [4.78, 5) is 2.39. The van der Waals surface area contributed by atoms with Crippen molar-refractivity contribution in [2.75, 3.05) is 26.0 Å². The summed E-state index contributed by atoms with van der Waals surface area (Å²) in [5.41, 5.74) is 0.919. The summed E-state index contributed by atoms with van der Waals surface area (Å²) in [6, 6.07) is 7.01. The molecule has 0 spiro atoms. The van der Waals surface area contributed by atoms with Gasteiger partial charge in [-0.1, -0.05) is 0 Å². The molecule has 0 aromatic heterocycles. The Morgan fingerprint density at radius 3 is 2.10 bits per heavy atom. The van der Waals surface area contributed by atoms with Gasteiger partial charge >= 0.3 is 0 Å². The van der Waals surface area contributed by atoms with E-state index in [1.165, 1.54) is 0 Å². The second-order valence-electron chi connectivity index (χ2n) is 5.61. The van der Waals surface area contributed by atoms with Gasteiger partial charge in [-0.25, -0.2) is 13.1 Å². The second kappa shape index (κ2) is 7.06. The molecule has 1 rings (SSSR count). The lowest BCUT2D eigenvalue weighted by atomic mass is 10.2. The van der Waals surface area contributed by atoms with Crippen LogP contribution < -0.4 is 10.0 Å². The molecular weight excluding hydrogens is 274 g/mol. The topological polar surface area (TPSA) is 61.4 Å². The summed E-state index contributed by atoms with van der Waals surface area (Å²) in [6.45, 7) is 6.60. The third-order valence-corrected chi connectivity index (χ3v) is 4.28. The van der Waals surface area contributed by atoms with Crippen LogP contribution in [0.25, 0.3) is 0 Å². The molecule has 0 bridgehead atoms. The molecule has 6 heteroatoms. The van der Waals surface area contributed by atoms with Crippen molar-refractivity contribution in [3.63, 3.8) is 0 Å². The SMILES string of the molecule is CC(C)NS(=O)(=O)c1ccc(NC(C)CN(C)C)cc1. The van der Waals surface area contributed by atoms with Gasteiger partial charge in [-0.2, -0.15) is 0 Å². The Labute approximate surface area is 122 Å². The van der Waals surface area contributed by atoms with E-state index in [2.05, 4.69) is 21.9 Å². The Hall–Kier alpha value is -1.11. The molecule has 0 saturated carbocycles. The number of nitrogens with zero attached hydrogens (tertiary/aromatic N) is 1. The summed E-state index contributed by atoms with van der Waals surface area (Å²) < 4.78 is 26.5. The lowest BCUT2D eigenvalue weighted by Crippen LogP contribution is -2.30. The summed E-state index contributed by atoms with van der Waals surface area (Å²) in [5.74, 6) is 0. The lowest BCUT2D eigenvalue weighted by Gasteiger charge is -2.19. The predicted octanol–water partition coefficient (Wildman–Crippen LogP) is 1.74. The third-order valence-electron chi connectivity index (χ3n) is 2.61. The zero-order valence-electron chi connectivity index (χ0n) is 12.8. The van der Waals surface area contributed by atoms with Gasteiger partial charge in [-0.15, -0.1) is 0 Å². The average Bonchev–Trinajstić information content (AvgIpc) is 2.26. The number of rotatable bonds is 7. The van der Waals surface area contributed by atoms with Crippen LogP contribution in [0.15, 0.2) is 29.2 Å². The number of likely N-dealkylation sites (N-methyl/N-ethyl adjacent to an activating group) is 1. The molecule has 0 aliphatic heterocycles. The van der Waals surface area contributed by atoms with Crippen molar-refractivity contribution < 1.29 is 8.42 Å². The molecule has 1 atom stereocenters. The van der Waals surface area contributed by atoms with Crippen LogP contribution in [0.4, 0.5) is 5.69 Å². The number of benzene rings is 1. The predicted molar refractivity (Wildman–Crippen MR) is 83.5 cm³/mol. The Morgan fingerprint density at radius 2 is 1.65 bits per heavy atom. The molecule has 114 valence electrons. The van der Waals surface area contributed by atoms with Crippen LogP contribution in [0.2, 0.25) is 0 Å². The zero-order valence-corrected chi connectivity index (χ0v) is 13.7. The maximum atomic E-state index is 12.0. The standard InChI is InChI=1S/C14H25N3O2S/c1-11(2)16-20(18,19)14-8-6-13(7-9-14)15-12(3)10-17(4)5/h6-9,11-12,15-16H,10H2,1-5H3. The van der Waals surface area contributed by atoms with E-state index in [1.807, 2.05) is 14.1 Å². The molecule has 0 fully saturated rings. The minimum atomic E-state index is -3.41. The Morgan fingerprint density at radius 1 is 1.10 bits per heavy atom. The van der Waals surface area contributed by atoms with Gasteiger partial charge in [0.15, 0.2) is 0 Å². The molecule has 2 N–H and O–H groups in total. The van der Waals surface area contributed by atoms with Crippen LogP contribution in [0.5, 0.6) is 0 Å². The van der Waals surface area contributed by atoms with E-state index in [4.69, 9.17) is 0 Å². The van der Waals surface area contributed by atoms with Crippen LogP contribution in [0.1, 0.15) is 20.8 Å². The minimum Gasteiger partial charge on any atom is -0.381 e. The van der Waals surface area contributed by atoms with Gasteiger partial charge in [0.1, 0.15) is 0 Å². The second-order valence-corrected chi connectivity index (χ2v) is 7.32. The van der Waals surface area contributed by atoms with Crippen molar-refractivity contribution in [2.24, 2.45) is 0 Å². The molecule has 0 aliphatic carbocycles. The van der Waals surface area contributed by atoms with Gasteiger partial charge in [0, 0.05) is 24.3 Å². The fourth-order valence-corrected chi connectivity index (χ4v) is 3.24. The highest BCUT2D eigenvalue weighted by atomic mass is 32.2. The van der Waals surface area contributed by atoms with Crippen LogP contribution in [0.3, 0.4) is 0 Å². The van der Waals surface area contributed by atoms with E-state index in [-0.39, 0.29) is 10.9 Å². The van der Waals surface area contributed by atoms with Gasteiger partial charge in [0.05, 0.1) is 4.90 Å². The molecule has 0 radical (unpaired) electrons. The van der Waals surface area contributed by atoms with Crippen LogP contribution >= 0.6 is 0 Å². The van der Waals surface area contributed by atoms with Crippen molar-refractivity contribution in [3.8, 4) is 0 Å². The molecule has 0 aliphatic rings. The molecule has 0 amide bonds. The number of anilines is 1. The smallest absolute Gasteiger partial charge is 0.240 e. The highest BCUT2D eigenvalue weighted by molar-refractivity contribution is 7.89. The van der Waals surface area contributed by atoms with Gasteiger partial charge in [-0.3, -0.25) is 0 Å². The fraction of sp³-hybridized carbons (Fsp3) is 0.571.